The van der Waals surface area contributed by atoms with E-state index in [0.717, 1.165) is 0 Å². The van der Waals surface area contributed by atoms with E-state index >= 15 is 0 Å². The molecule has 0 aliphatic rings. The van der Waals surface area contributed by atoms with Gasteiger partial charge in [-0.25, -0.2) is 4.39 Å². The zero-order chi connectivity index (χ0) is 14.0. The molecular weight excluding hydrogens is 381 g/mol. The summed E-state index contributed by atoms with van der Waals surface area (Å²) < 4.78 is 20.0. The van der Waals surface area contributed by atoms with Crippen molar-refractivity contribution in [3.63, 3.8) is 0 Å². The third-order valence-electron chi connectivity index (χ3n) is 2.27. The van der Waals surface area contributed by atoms with E-state index < -0.39 is 11.7 Å². The maximum Gasteiger partial charge on any atom is 0.252 e. The molecule has 0 heterocycles. The number of ether oxygens (including phenoxy) is 1. The van der Waals surface area contributed by atoms with Gasteiger partial charge in [-0.05, 0) is 30.3 Å². The van der Waals surface area contributed by atoms with Crippen molar-refractivity contribution >= 4 is 37.8 Å². The molecule has 2 N–H and O–H groups in total. The van der Waals surface area contributed by atoms with Crippen LogP contribution in [0.25, 0.3) is 0 Å². The summed E-state index contributed by atoms with van der Waals surface area (Å²) in [6.45, 7) is 0. The molecule has 0 aromatic heterocycles. The first-order valence-electron chi connectivity index (χ1n) is 5.19. The number of carbonyl (C=O) groups is 1. The van der Waals surface area contributed by atoms with E-state index in [1.165, 1.54) is 12.1 Å². The molecule has 6 heteroatoms. The normalized spacial score (nSPS) is 10.3. The highest BCUT2D eigenvalue weighted by atomic mass is 79.9. The van der Waals surface area contributed by atoms with Crippen LogP contribution in [0.2, 0.25) is 0 Å². The van der Waals surface area contributed by atoms with Gasteiger partial charge in [0.05, 0.1) is 5.56 Å². The second kappa shape index (κ2) is 5.71. The molecule has 0 saturated carbocycles. The zero-order valence-electron chi connectivity index (χ0n) is 9.49. The Balaban J connectivity index is 2.40. The van der Waals surface area contributed by atoms with Gasteiger partial charge in [-0.15, -0.1) is 0 Å². The lowest BCUT2D eigenvalue weighted by Crippen LogP contribution is -2.12. The molecule has 0 bridgehead atoms. The topological polar surface area (TPSA) is 52.3 Å². The molecule has 0 spiro atoms. The summed E-state index contributed by atoms with van der Waals surface area (Å²) in [4.78, 5) is 11.3. The van der Waals surface area contributed by atoms with Gasteiger partial charge in [-0.2, -0.15) is 0 Å². The van der Waals surface area contributed by atoms with Crippen LogP contribution >= 0.6 is 31.9 Å². The van der Waals surface area contributed by atoms with Crippen LogP contribution in [0.4, 0.5) is 4.39 Å². The maximum atomic E-state index is 13.2. The predicted molar refractivity (Wildman–Crippen MR) is 76.8 cm³/mol. The molecule has 0 fully saturated rings. The average molecular weight is 389 g/mol. The van der Waals surface area contributed by atoms with Crippen molar-refractivity contribution in [2.75, 3.05) is 0 Å². The quantitative estimate of drug-likeness (QED) is 0.854. The second-order valence-electron chi connectivity index (χ2n) is 3.71. The summed E-state index contributed by atoms with van der Waals surface area (Å²) >= 11 is 6.41. The molecule has 2 aromatic carbocycles. The molecule has 2 aromatic rings. The number of primary amides is 1. The fraction of sp³-hybridized carbons (Fsp3) is 0. The first kappa shape index (κ1) is 14.0. The summed E-state index contributed by atoms with van der Waals surface area (Å²) in [5.74, 6) is -0.515. The van der Waals surface area contributed by atoms with Gasteiger partial charge in [0, 0.05) is 15.0 Å². The number of carbonyl (C=O) groups excluding carboxylic acids is 1. The van der Waals surface area contributed by atoms with Crippen molar-refractivity contribution in [2.45, 2.75) is 0 Å². The summed E-state index contributed by atoms with van der Waals surface area (Å²) in [6, 6.07) is 8.96. The molecule has 0 radical (unpaired) electrons. The van der Waals surface area contributed by atoms with Crippen molar-refractivity contribution in [3.8, 4) is 11.5 Å². The van der Waals surface area contributed by atoms with Crippen LogP contribution in [0.5, 0.6) is 11.5 Å². The minimum absolute atomic E-state index is 0.217. The van der Waals surface area contributed by atoms with Crippen LogP contribution in [-0.4, -0.2) is 5.91 Å². The smallest absolute Gasteiger partial charge is 0.252 e. The minimum atomic E-state index is -0.619. The average Bonchev–Trinajstić information content (AvgIpc) is 2.30. The first-order chi connectivity index (χ1) is 8.95. The SMILES string of the molecule is NC(=O)c1cc(Br)ccc1Oc1cc(F)cc(Br)c1. The van der Waals surface area contributed by atoms with E-state index in [1.807, 2.05) is 0 Å². The lowest BCUT2D eigenvalue weighted by molar-refractivity contribution is 0.0998. The highest BCUT2D eigenvalue weighted by molar-refractivity contribution is 9.10. The molecule has 0 aliphatic carbocycles. The Bertz CT molecular complexity index is 626. The van der Waals surface area contributed by atoms with Crippen LogP contribution in [0, 0.1) is 5.82 Å². The Hall–Kier alpha value is -1.40. The van der Waals surface area contributed by atoms with Gasteiger partial charge in [0.25, 0.3) is 5.91 Å². The third-order valence-corrected chi connectivity index (χ3v) is 3.22. The van der Waals surface area contributed by atoms with Crippen molar-refractivity contribution in [1.82, 2.24) is 0 Å². The first-order valence-corrected chi connectivity index (χ1v) is 6.77. The Morgan fingerprint density at radius 3 is 2.47 bits per heavy atom. The van der Waals surface area contributed by atoms with Crippen LogP contribution in [0.15, 0.2) is 45.3 Å². The number of benzene rings is 2. The van der Waals surface area contributed by atoms with Crippen LogP contribution in [0.3, 0.4) is 0 Å². The largest absolute Gasteiger partial charge is 0.456 e. The highest BCUT2D eigenvalue weighted by Gasteiger charge is 2.11. The monoisotopic (exact) mass is 387 g/mol. The second-order valence-corrected chi connectivity index (χ2v) is 5.54. The summed E-state index contributed by atoms with van der Waals surface area (Å²) in [5, 5.41) is 0. The molecule has 0 saturated heterocycles. The Kier molecular flexibility index (Phi) is 4.21. The molecule has 1 amide bonds. The Morgan fingerprint density at radius 2 is 1.84 bits per heavy atom. The van der Waals surface area contributed by atoms with E-state index in [0.29, 0.717) is 8.95 Å². The number of hydrogen-bond donors (Lipinski definition) is 1. The van der Waals surface area contributed by atoms with Gasteiger partial charge in [0.2, 0.25) is 0 Å². The van der Waals surface area contributed by atoms with Crippen LogP contribution in [0.1, 0.15) is 10.4 Å². The van der Waals surface area contributed by atoms with E-state index in [2.05, 4.69) is 31.9 Å². The molecule has 0 aliphatic heterocycles. The van der Waals surface area contributed by atoms with Crippen molar-refractivity contribution in [2.24, 2.45) is 5.73 Å². The Labute approximate surface area is 125 Å². The lowest BCUT2D eigenvalue weighted by Gasteiger charge is -2.10. The number of amides is 1. The van der Waals surface area contributed by atoms with E-state index in [1.54, 1.807) is 24.3 Å². The highest BCUT2D eigenvalue weighted by Crippen LogP contribution is 2.30. The molecule has 0 atom stereocenters. The van der Waals surface area contributed by atoms with E-state index in [4.69, 9.17) is 10.5 Å². The lowest BCUT2D eigenvalue weighted by atomic mass is 10.2. The van der Waals surface area contributed by atoms with Gasteiger partial charge in [-0.1, -0.05) is 31.9 Å². The molecular formula is C13H8Br2FNO2. The van der Waals surface area contributed by atoms with Crippen LogP contribution in [-0.2, 0) is 0 Å². The van der Waals surface area contributed by atoms with Gasteiger partial charge in [0.15, 0.2) is 0 Å². The van der Waals surface area contributed by atoms with Gasteiger partial charge >= 0.3 is 0 Å². The van der Waals surface area contributed by atoms with Gasteiger partial charge < -0.3 is 10.5 Å². The van der Waals surface area contributed by atoms with Crippen molar-refractivity contribution in [1.29, 1.82) is 0 Å². The molecule has 19 heavy (non-hydrogen) atoms. The predicted octanol–water partition coefficient (Wildman–Crippen LogP) is 4.24. The molecule has 98 valence electrons. The summed E-state index contributed by atoms with van der Waals surface area (Å²) in [7, 11) is 0. The number of halogens is 3. The standard InChI is InChI=1S/C13H8Br2FNO2/c14-7-1-2-12(11(5-7)13(17)18)19-10-4-8(15)3-9(16)6-10/h1-6H,(H2,17,18). The maximum absolute atomic E-state index is 13.2. The zero-order valence-corrected chi connectivity index (χ0v) is 12.7. The number of nitrogens with two attached hydrogens (primary N) is 1. The summed E-state index contributed by atoms with van der Waals surface area (Å²) in [5.41, 5.74) is 5.49. The Morgan fingerprint density at radius 1 is 1.11 bits per heavy atom. The van der Waals surface area contributed by atoms with Crippen LogP contribution < -0.4 is 10.5 Å². The van der Waals surface area contributed by atoms with E-state index in [-0.39, 0.29) is 17.1 Å². The molecule has 3 nitrogen and oxygen atoms in total. The number of hydrogen-bond acceptors (Lipinski definition) is 2. The van der Waals surface area contributed by atoms with Gasteiger partial charge in [-0.3, -0.25) is 4.79 Å². The molecule has 2 rings (SSSR count). The summed E-state index contributed by atoms with van der Waals surface area (Å²) in [6.07, 6.45) is 0. The third kappa shape index (κ3) is 3.54. The van der Waals surface area contributed by atoms with Crippen molar-refractivity contribution in [3.05, 3.63) is 56.7 Å². The number of rotatable bonds is 3. The fourth-order valence-electron chi connectivity index (χ4n) is 1.50. The minimum Gasteiger partial charge on any atom is -0.456 e. The molecule has 0 unspecified atom stereocenters. The van der Waals surface area contributed by atoms with E-state index in [9.17, 15) is 9.18 Å². The van der Waals surface area contributed by atoms with Gasteiger partial charge in [0.1, 0.15) is 17.3 Å². The van der Waals surface area contributed by atoms with Crippen molar-refractivity contribution < 1.29 is 13.9 Å². The fourth-order valence-corrected chi connectivity index (χ4v) is 2.30.